The predicted octanol–water partition coefficient (Wildman–Crippen LogP) is 1.57. The van der Waals surface area contributed by atoms with Crippen molar-refractivity contribution in [3.63, 3.8) is 0 Å². The molecule has 0 amide bonds. The van der Waals surface area contributed by atoms with E-state index >= 15 is 0 Å². The smallest absolute Gasteiger partial charge is 0.318 e. The fraction of sp³-hybridized carbons (Fsp3) is 0.667. The summed E-state index contributed by atoms with van der Waals surface area (Å²) in [5, 5.41) is 3.97. The summed E-state index contributed by atoms with van der Waals surface area (Å²) in [5.74, 6) is 1.37. The summed E-state index contributed by atoms with van der Waals surface area (Å²) in [6, 6.07) is 0.350. The Morgan fingerprint density at radius 1 is 1.61 bits per heavy atom. The van der Waals surface area contributed by atoms with Crippen LogP contribution in [0.4, 0.5) is 5.82 Å². The van der Waals surface area contributed by atoms with Crippen LogP contribution in [0.2, 0.25) is 5.02 Å². The number of halogens is 1. The number of hydrogen-bond donors (Lipinski definition) is 1. The molecule has 1 fully saturated rings. The maximum Gasteiger partial charge on any atom is 0.318 e. The minimum absolute atomic E-state index is 0.350. The van der Waals surface area contributed by atoms with Gasteiger partial charge in [-0.1, -0.05) is 11.6 Å². The van der Waals surface area contributed by atoms with E-state index in [4.69, 9.17) is 16.3 Å². The van der Waals surface area contributed by atoms with Crippen molar-refractivity contribution in [1.82, 2.24) is 15.3 Å². The Hall–Kier alpha value is -1.07. The zero-order valence-electron chi connectivity index (χ0n) is 10.8. The Labute approximate surface area is 113 Å². The van der Waals surface area contributed by atoms with E-state index in [-0.39, 0.29) is 0 Å². The van der Waals surface area contributed by atoms with E-state index in [0.29, 0.717) is 17.0 Å². The van der Waals surface area contributed by atoms with Crippen molar-refractivity contribution in [2.45, 2.75) is 12.8 Å². The van der Waals surface area contributed by atoms with Crippen LogP contribution in [0.1, 0.15) is 12.8 Å². The average molecular weight is 271 g/mol. The normalized spacial score (nSPS) is 19.6. The topological polar surface area (TPSA) is 50.3 Å². The van der Waals surface area contributed by atoms with Gasteiger partial charge in [-0.25, -0.2) is 4.98 Å². The number of methoxy groups -OCH3 is 1. The van der Waals surface area contributed by atoms with Gasteiger partial charge in [0.25, 0.3) is 0 Å². The van der Waals surface area contributed by atoms with Gasteiger partial charge in [0.15, 0.2) is 5.82 Å². The highest BCUT2D eigenvalue weighted by Gasteiger charge is 2.18. The third kappa shape index (κ3) is 3.23. The lowest BCUT2D eigenvalue weighted by atomic mass is 9.99. The fourth-order valence-electron chi connectivity index (χ4n) is 2.26. The van der Waals surface area contributed by atoms with Crippen molar-refractivity contribution in [3.8, 4) is 6.01 Å². The molecule has 1 aromatic rings. The molecular formula is C12H19ClN4O. The molecule has 1 aliphatic heterocycles. The van der Waals surface area contributed by atoms with Crippen LogP contribution in [0, 0.1) is 5.92 Å². The first-order valence-corrected chi connectivity index (χ1v) is 6.57. The van der Waals surface area contributed by atoms with Crippen LogP contribution in [-0.2, 0) is 0 Å². The summed E-state index contributed by atoms with van der Waals surface area (Å²) in [5.41, 5.74) is 0. The molecular weight excluding hydrogens is 252 g/mol. The molecule has 2 rings (SSSR count). The third-order valence-electron chi connectivity index (χ3n) is 3.18. The first kappa shape index (κ1) is 13.4. The highest BCUT2D eigenvalue weighted by molar-refractivity contribution is 6.32. The lowest BCUT2D eigenvalue weighted by Gasteiger charge is -2.28. The molecule has 1 aliphatic rings. The number of piperidine rings is 1. The van der Waals surface area contributed by atoms with Gasteiger partial charge >= 0.3 is 6.01 Å². The van der Waals surface area contributed by atoms with E-state index in [9.17, 15) is 0 Å². The highest BCUT2D eigenvalue weighted by Crippen LogP contribution is 2.24. The van der Waals surface area contributed by atoms with Crippen LogP contribution in [0.25, 0.3) is 0 Å². The molecule has 1 N–H and O–H groups in total. The standard InChI is InChI=1S/C12H19ClN4O/c1-17(8-9-4-3-5-14-6-9)11-10(13)7-15-12(16-11)18-2/h7,9,14H,3-6,8H2,1-2H3. The Morgan fingerprint density at radius 3 is 3.11 bits per heavy atom. The maximum absolute atomic E-state index is 6.13. The Kier molecular flexibility index (Phi) is 4.60. The molecule has 0 aromatic carbocycles. The summed E-state index contributed by atoms with van der Waals surface area (Å²) in [4.78, 5) is 10.4. The van der Waals surface area contributed by atoms with E-state index in [1.165, 1.54) is 12.8 Å². The zero-order chi connectivity index (χ0) is 13.0. The molecule has 6 heteroatoms. The van der Waals surface area contributed by atoms with Crippen LogP contribution in [-0.4, -0.2) is 43.8 Å². The van der Waals surface area contributed by atoms with E-state index < -0.39 is 0 Å². The quantitative estimate of drug-likeness (QED) is 0.900. The van der Waals surface area contributed by atoms with Crippen LogP contribution in [0.3, 0.4) is 0 Å². The van der Waals surface area contributed by atoms with Gasteiger partial charge in [0.05, 0.1) is 13.3 Å². The molecule has 5 nitrogen and oxygen atoms in total. The second-order valence-electron chi connectivity index (χ2n) is 4.62. The molecule has 0 aliphatic carbocycles. The molecule has 100 valence electrons. The lowest BCUT2D eigenvalue weighted by molar-refractivity contribution is 0.373. The molecule has 0 saturated carbocycles. The molecule has 1 unspecified atom stereocenters. The van der Waals surface area contributed by atoms with Crippen molar-refractivity contribution in [1.29, 1.82) is 0 Å². The van der Waals surface area contributed by atoms with Gasteiger partial charge in [-0.2, -0.15) is 4.98 Å². The Bertz CT molecular complexity index is 396. The molecule has 1 aromatic heterocycles. The van der Waals surface area contributed by atoms with Gasteiger partial charge in [-0.3, -0.25) is 0 Å². The average Bonchev–Trinajstić information content (AvgIpc) is 2.40. The van der Waals surface area contributed by atoms with Crippen molar-refractivity contribution in [2.75, 3.05) is 38.7 Å². The van der Waals surface area contributed by atoms with Gasteiger partial charge in [0.1, 0.15) is 5.02 Å². The molecule has 0 radical (unpaired) electrons. The minimum Gasteiger partial charge on any atom is -0.467 e. The molecule has 0 spiro atoms. The SMILES string of the molecule is COc1ncc(Cl)c(N(C)CC2CCCNC2)n1. The van der Waals surface area contributed by atoms with Crippen LogP contribution < -0.4 is 15.0 Å². The molecule has 18 heavy (non-hydrogen) atoms. The summed E-state index contributed by atoms with van der Waals surface area (Å²) >= 11 is 6.13. The van der Waals surface area contributed by atoms with Crippen molar-refractivity contribution in [2.24, 2.45) is 5.92 Å². The summed E-state index contributed by atoms with van der Waals surface area (Å²) in [7, 11) is 3.56. The zero-order valence-corrected chi connectivity index (χ0v) is 11.6. The van der Waals surface area contributed by atoms with Crippen molar-refractivity contribution in [3.05, 3.63) is 11.2 Å². The van der Waals surface area contributed by atoms with E-state index in [0.717, 1.165) is 25.5 Å². The number of aromatic nitrogens is 2. The number of nitrogens with zero attached hydrogens (tertiary/aromatic N) is 3. The monoisotopic (exact) mass is 270 g/mol. The van der Waals surface area contributed by atoms with Crippen LogP contribution in [0.15, 0.2) is 6.20 Å². The van der Waals surface area contributed by atoms with E-state index in [1.54, 1.807) is 13.3 Å². The fourth-order valence-corrected chi connectivity index (χ4v) is 2.50. The molecule has 1 atom stereocenters. The third-order valence-corrected chi connectivity index (χ3v) is 3.45. The minimum atomic E-state index is 0.350. The number of ether oxygens (including phenoxy) is 1. The first-order chi connectivity index (χ1) is 8.70. The Morgan fingerprint density at radius 2 is 2.44 bits per heavy atom. The second kappa shape index (κ2) is 6.20. The summed E-state index contributed by atoms with van der Waals surface area (Å²) in [6.45, 7) is 3.12. The number of anilines is 1. The van der Waals surface area contributed by atoms with Crippen LogP contribution in [0.5, 0.6) is 6.01 Å². The van der Waals surface area contributed by atoms with E-state index in [1.807, 2.05) is 7.05 Å². The summed E-state index contributed by atoms with van der Waals surface area (Å²) in [6.07, 6.45) is 4.06. The number of rotatable bonds is 4. The van der Waals surface area contributed by atoms with Gasteiger partial charge in [0.2, 0.25) is 0 Å². The summed E-state index contributed by atoms with van der Waals surface area (Å²) < 4.78 is 5.03. The number of hydrogen-bond acceptors (Lipinski definition) is 5. The lowest BCUT2D eigenvalue weighted by Crippen LogP contribution is -2.37. The largest absolute Gasteiger partial charge is 0.467 e. The predicted molar refractivity (Wildman–Crippen MR) is 72.5 cm³/mol. The highest BCUT2D eigenvalue weighted by atomic mass is 35.5. The van der Waals surface area contributed by atoms with Gasteiger partial charge in [-0.05, 0) is 31.8 Å². The first-order valence-electron chi connectivity index (χ1n) is 6.19. The van der Waals surface area contributed by atoms with Crippen LogP contribution >= 0.6 is 11.6 Å². The van der Waals surface area contributed by atoms with Gasteiger partial charge in [-0.15, -0.1) is 0 Å². The number of nitrogens with one attached hydrogen (secondary N) is 1. The Balaban J connectivity index is 2.04. The van der Waals surface area contributed by atoms with Crippen molar-refractivity contribution >= 4 is 17.4 Å². The molecule has 1 saturated heterocycles. The maximum atomic E-state index is 6.13. The van der Waals surface area contributed by atoms with E-state index in [2.05, 4.69) is 20.2 Å². The molecule has 0 bridgehead atoms. The second-order valence-corrected chi connectivity index (χ2v) is 5.03. The molecule has 2 heterocycles. The van der Waals surface area contributed by atoms with Gasteiger partial charge < -0.3 is 15.0 Å². The van der Waals surface area contributed by atoms with Crippen molar-refractivity contribution < 1.29 is 4.74 Å². The van der Waals surface area contributed by atoms with Gasteiger partial charge in [0, 0.05) is 13.6 Å².